The predicted molar refractivity (Wildman–Crippen MR) is 99.8 cm³/mol. The minimum Gasteiger partial charge on any atom is -0.464 e. The lowest BCUT2D eigenvalue weighted by Gasteiger charge is -2.23. The lowest BCUT2D eigenvalue weighted by Crippen LogP contribution is -2.40. The van der Waals surface area contributed by atoms with Gasteiger partial charge >= 0.3 is 0 Å². The molecule has 2 aromatic rings. The zero-order valence-corrected chi connectivity index (χ0v) is 15.5. The van der Waals surface area contributed by atoms with Crippen LogP contribution in [0.25, 0.3) is 11.0 Å². The first-order chi connectivity index (χ1) is 11.0. The van der Waals surface area contributed by atoms with Gasteiger partial charge in [0.1, 0.15) is 5.58 Å². The molecule has 0 aliphatic carbocycles. The number of hydrogen-bond donors (Lipinski definition) is 1. The van der Waals surface area contributed by atoms with Crippen molar-refractivity contribution in [3.05, 3.63) is 35.1 Å². The van der Waals surface area contributed by atoms with Gasteiger partial charge in [0.25, 0.3) is 0 Å². The molecule has 1 amide bonds. The highest BCUT2D eigenvalue weighted by Gasteiger charge is 2.28. The van der Waals surface area contributed by atoms with Crippen molar-refractivity contribution in [2.75, 3.05) is 13.1 Å². The van der Waals surface area contributed by atoms with Crippen molar-refractivity contribution in [3.8, 4) is 0 Å². The van der Waals surface area contributed by atoms with Gasteiger partial charge in [-0.1, -0.05) is 13.8 Å². The molecule has 1 atom stereocenters. The molecule has 1 aromatic carbocycles. The standard InChI is InChI=1S/C19H26N2O2.ClH/c1-12(2)16-9-17-14(11-23-18(17)7-13(16)3)8-19(22)21-6-4-5-15(21)10-20;/h7,9,11-12,15H,4-6,8,10,20H2,1-3H3;1H. The summed E-state index contributed by atoms with van der Waals surface area (Å²) in [6, 6.07) is 4.47. The summed E-state index contributed by atoms with van der Waals surface area (Å²) in [5.74, 6) is 0.616. The smallest absolute Gasteiger partial charge is 0.227 e. The Morgan fingerprint density at radius 2 is 2.17 bits per heavy atom. The topological polar surface area (TPSA) is 59.5 Å². The van der Waals surface area contributed by atoms with Gasteiger partial charge in [0.05, 0.1) is 12.7 Å². The van der Waals surface area contributed by atoms with Crippen LogP contribution in [0.2, 0.25) is 0 Å². The minimum absolute atomic E-state index is 0. The average Bonchev–Trinajstić information content (AvgIpc) is 3.13. The highest BCUT2D eigenvalue weighted by Crippen LogP contribution is 2.29. The Hall–Kier alpha value is -1.52. The number of likely N-dealkylation sites (tertiary alicyclic amines) is 1. The summed E-state index contributed by atoms with van der Waals surface area (Å²) >= 11 is 0. The van der Waals surface area contributed by atoms with Crippen LogP contribution in [0.5, 0.6) is 0 Å². The SMILES string of the molecule is Cc1cc2occ(CC(=O)N3CCCC3CN)c2cc1C(C)C.Cl. The van der Waals surface area contributed by atoms with Crippen molar-refractivity contribution in [1.29, 1.82) is 0 Å². The number of carbonyl (C=O) groups is 1. The fraction of sp³-hybridized carbons (Fsp3) is 0.526. The number of nitrogens with zero attached hydrogens (tertiary/aromatic N) is 1. The monoisotopic (exact) mass is 350 g/mol. The van der Waals surface area contributed by atoms with Crippen LogP contribution in [0.4, 0.5) is 0 Å². The first-order valence-electron chi connectivity index (χ1n) is 8.51. The molecular weight excluding hydrogens is 324 g/mol. The summed E-state index contributed by atoms with van der Waals surface area (Å²) < 4.78 is 5.69. The van der Waals surface area contributed by atoms with Crippen LogP contribution < -0.4 is 5.73 Å². The highest BCUT2D eigenvalue weighted by atomic mass is 35.5. The number of hydrogen-bond acceptors (Lipinski definition) is 3. The summed E-state index contributed by atoms with van der Waals surface area (Å²) in [5.41, 5.74) is 10.2. The Kier molecular flexibility index (Phi) is 5.94. The van der Waals surface area contributed by atoms with Crippen LogP contribution in [0.3, 0.4) is 0 Å². The second-order valence-corrected chi connectivity index (χ2v) is 6.92. The fourth-order valence-corrected chi connectivity index (χ4v) is 3.68. The molecule has 5 heteroatoms. The summed E-state index contributed by atoms with van der Waals surface area (Å²) in [4.78, 5) is 14.6. The molecule has 132 valence electrons. The van der Waals surface area contributed by atoms with Gasteiger partial charge in [-0.05, 0) is 48.9 Å². The number of benzene rings is 1. The van der Waals surface area contributed by atoms with Gasteiger partial charge in [0.2, 0.25) is 5.91 Å². The van der Waals surface area contributed by atoms with Gasteiger partial charge in [-0.25, -0.2) is 0 Å². The maximum absolute atomic E-state index is 12.6. The van der Waals surface area contributed by atoms with Gasteiger partial charge in [-0.15, -0.1) is 12.4 Å². The molecule has 2 heterocycles. The number of carbonyl (C=O) groups excluding carboxylic acids is 1. The number of aryl methyl sites for hydroxylation is 1. The molecule has 1 unspecified atom stereocenters. The second kappa shape index (κ2) is 7.58. The van der Waals surface area contributed by atoms with E-state index in [1.54, 1.807) is 6.26 Å². The molecule has 4 nitrogen and oxygen atoms in total. The van der Waals surface area contributed by atoms with Crippen molar-refractivity contribution in [2.45, 2.75) is 52.0 Å². The summed E-state index contributed by atoms with van der Waals surface area (Å²) in [5, 5.41) is 1.07. The summed E-state index contributed by atoms with van der Waals surface area (Å²) in [6.45, 7) is 7.86. The molecule has 24 heavy (non-hydrogen) atoms. The molecule has 0 bridgehead atoms. The number of rotatable bonds is 4. The highest BCUT2D eigenvalue weighted by molar-refractivity contribution is 5.88. The second-order valence-electron chi connectivity index (χ2n) is 6.92. The van der Waals surface area contributed by atoms with Gasteiger partial charge in [-0.2, -0.15) is 0 Å². The molecule has 2 N–H and O–H groups in total. The Bertz CT molecular complexity index is 723. The van der Waals surface area contributed by atoms with E-state index >= 15 is 0 Å². The molecule has 3 rings (SSSR count). The lowest BCUT2D eigenvalue weighted by molar-refractivity contribution is -0.131. The number of nitrogens with two attached hydrogens (primary N) is 1. The van der Waals surface area contributed by atoms with Gasteiger partial charge in [-0.3, -0.25) is 4.79 Å². The third-order valence-electron chi connectivity index (χ3n) is 4.98. The minimum atomic E-state index is 0. The Labute approximate surface area is 149 Å². The molecule has 1 fully saturated rings. The first kappa shape index (κ1) is 18.8. The average molecular weight is 351 g/mol. The maximum Gasteiger partial charge on any atom is 0.227 e. The largest absolute Gasteiger partial charge is 0.464 e. The van der Waals surface area contributed by atoms with E-state index in [2.05, 4.69) is 32.9 Å². The molecule has 0 radical (unpaired) electrons. The van der Waals surface area contributed by atoms with E-state index in [-0.39, 0.29) is 24.4 Å². The quantitative estimate of drug-likeness (QED) is 0.912. The number of amides is 1. The van der Waals surface area contributed by atoms with E-state index in [9.17, 15) is 4.79 Å². The van der Waals surface area contributed by atoms with E-state index in [1.807, 2.05) is 4.90 Å². The van der Waals surface area contributed by atoms with E-state index < -0.39 is 0 Å². The molecule has 1 aromatic heterocycles. The third-order valence-corrected chi connectivity index (χ3v) is 4.98. The zero-order chi connectivity index (χ0) is 16.6. The molecule has 0 spiro atoms. The summed E-state index contributed by atoms with van der Waals surface area (Å²) in [7, 11) is 0. The van der Waals surface area contributed by atoms with Crippen molar-refractivity contribution in [2.24, 2.45) is 5.73 Å². The molecular formula is C19H27ClN2O2. The van der Waals surface area contributed by atoms with Gasteiger partial charge in [0, 0.05) is 30.1 Å². The van der Waals surface area contributed by atoms with E-state index in [0.29, 0.717) is 18.9 Å². The number of furan rings is 1. The number of halogens is 1. The van der Waals surface area contributed by atoms with Crippen molar-refractivity contribution >= 4 is 29.3 Å². The van der Waals surface area contributed by atoms with Crippen LogP contribution >= 0.6 is 12.4 Å². The van der Waals surface area contributed by atoms with Crippen LogP contribution in [-0.4, -0.2) is 29.9 Å². The lowest BCUT2D eigenvalue weighted by atomic mass is 9.95. The van der Waals surface area contributed by atoms with Crippen LogP contribution in [-0.2, 0) is 11.2 Å². The van der Waals surface area contributed by atoms with E-state index in [4.69, 9.17) is 10.2 Å². The van der Waals surface area contributed by atoms with Crippen molar-refractivity contribution in [3.63, 3.8) is 0 Å². The summed E-state index contributed by atoms with van der Waals surface area (Å²) in [6.07, 6.45) is 4.20. The van der Waals surface area contributed by atoms with Crippen molar-refractivity contribution in [1.82, 2.24) is 4.90 Å². The van der Waals surface area contributed by atoms with Crippen LogP contribution in [0, 0.1) is 6.92 Å². The van der Waals surface area contributed by atoms with Gasteiger partial charge < -0.3 is 15.1 Å². The molecule has 0 saturated carbocycles. The fourth-order valence-electron chi connectivity index (χ4n) is 3.68. The van der Waals surface area contributed by atoms with Crippen molar-refractivity contribution < 1.29 is 9.21 Å². The maximum atomic E-state index is 12.6. The number of fused-ring (bicyclic) bond motifs is 1. The Morgan fingerprint density at radius 3 is 2.83 bits per heavy atom. The van der Waals surface area contributed by atoms with Gasteiger partial charge in [0.15, 0.2) is 0 Å². The van der Waals surface area contributed by atoms with Crippen LogP contribution in [0.15, 0.2) is 22.8 Å². The van der Waals surface area contributed by atoms with E-state index in [0.717, 1.165) is 35.9 Å². The molecule has 1 aliphatic rings. The normalized spacial score (nSPS) is 17.5. The Balaban J connectivity index is 0.00000208. The molecule has 1 aliphatic heterocycles. The third kappa shape index (κ3) is 3.45. The zero-order valence-electron chi connectivity index (χ0n) is 14.7. The predicted octanol–water partition coefficient (Wildman–Crippen LogP) is 3.78. The Morgan fingerprint density at radius 1 is 1.42 bits per heavy atom. The van der Waals surface area contributed by atoms with E-state index in [1.165, 1.54) is 11.1 Å². The first-order valence-corrected chi connectivity index (χ1v) is 8.51. The molecule has 1 saturated heterocycles. The van der Waals surface area contributed by atoms with Crippen LogP contribution in [0.1, 0.15) is 49.3 Å².